The van der Waals surface area contributed by atoms with Crippen LogP contribution in [0.4, 0.5) is 0 Å². The summed E-state index contributed by atoms with van der Waals surface area (Å²) in [7, 11) is 0. The van der Waals surface area contributed by atoms with Gasteiger partial charge in [-0.3, -0.25) is 4.79 Å². The smallest absolute Gasteiger partial charge is 0.255 e. The topological polar surface area (TPSA) is 48.0 Å². The van der Waals surface area contributed by atoms with Gasteiger partial charge in [0.05, 0.1) is 0 Å². The van der Waals surface area contributed by atoms with E-state index in [-0.39, 0.29) is 11.6 Å². The standard InChI is InChI=1S/C10H16N2O/c1-3-8(2)12-6-4-5-9(7-11)10(12)13/h4-6,8H,3,7,11H2,1-2H3. The van der Waals surface area contributed by atoms with Crippen molar-refractivity contribution in [2.45, 2.75) is 32.9 Å². The van der Waals surface area contributed by atoms with Crippen molar-refractivity contribution in [1.82, 2.24) is 4.57 Å². The lowest BCUT2D eigenvalue weighted by atomic mass is 10.2. The molecule has 3 nitrogen and oxygen atoms in total. The van der Waals surface area contributed by atoms with Crippen LogP contribution in [0, 0.1) is 0 Å². The van der Waals surface area contributed by atoms with Crippen molar-refractivity contribution in [3.05, 3.63) is 34.2 Å². The lowest BCUT2D eigenvalue weighted by Gasteiger charge is -2.13. The Kier molecular flexibility index (Phi) is 3.25. The summed E-state index contributed by atoms with van der Waals surface area (Å²) >= 11 is 0. The normalized spacial score (nSPS) is 12.8. The van der Waals surface area contributed by atoms with Crippen LogP contribution >= 0.6 is 0 Å². The van der Waals surface area contributed by atoms with E-state index in [1.165, 1.54) is 0 Å². The van der Waals surface area contributed by atoms with Crippen molar-refractivity contribution in [3.8, 4) is 0 Å². The van der Waals surface area contributed by atoms with Crippen LogP contribution in [-0.2, 0) is 6.54 Å². The summed E-state index contributed by atoms with van der Waals surface area (Å²) in [5, 5.41) is 0. The average Bonchev–Trinajstić information content (AvgIpc) is 2.17. The van der Waals surface area contributed by atoms with Crippen LogP contribution in [-0.4, -0.2) is 4.57 Å². The summed E-state index contributed by atoms with van der Waals surface area (Å²) < 4.78 is 1.74. The van der Waals surface area contributed by atoms with E-state index in [0.717, 1.165) is 6.42 Å². The van der Waals surface area contributed by atoms with Gasteiger partial charge in [0.2, 0.25) is 0 Å². The number of pyridine rings is 1. The molecule has 1 unspecified atom stereocenters. The van der Waals surface area contributed by atoms with Gasteiger partial charge in [-0.05, 0) is 19.4 Å². The Morgan fingerprint density at radius 1 is 1.62 bits per heavy atom. The maximum atomic E-state index is 11.7. The SMILES string of the molecule is CCC(C)n1cccc(CN)c1=O. The van der Waals surface area contributed by atoms with E-state index in [1.807, 2.05) is 19.2 Å². The van der Waals surface area contributed by atoms with Crippen LogP contribution in [0.2, 0.25) is 0 Å². The van der Waals surface area contributed by atoms with Crippen molar-refractivity contribution in [2.24, 2.45) is 5.73 Å². The van der Waals surface area contributed by atoms with Gasteiger partial charge in [-0.1, -0.05) is 13.0 Å². The van der Waals surface area contributed by atoms with Crippen LogP contribution < -0.4 is 11.3 Å². The Bertz CT molecular complexity index is 330. The molecule has 0 aliphatic rings. The van der Waals surface area contributed by atoms with E-state index in [0.29, 0.717) is 12.1 Å². The third-order valence-corrected chi connectivity index (χ3v) is 2.34. The fourth-order valence-electron chi connectivity index (χ4n) is 1.26. The van der Waals surface area contributed by atoms with Crippen molar-refractivity contribution < 1.29 is 0 Å². The number of hydrogen-bond donors (Lipinski definition) is 1. The van der Waals surface area contributed by atoms with Gasteiger partial charge in [0.15, 0.2) is 0 Å². The van der Waals surface area contributed by atoms with Crippen LogP contribution in [0.1, 0.15) is 31.9 Å². The highest BCUT2D eigenvalue weighted by molar-refractivity contribution is 5.10. The van der Waals surface area contributed by atoms with Crippen LogP contribution in [0.25, 0.3) is 0 Å². The predicted molar refractivity (Wildman–Crippen MR) is 53.6 cm³/mol. The molecule has 13 heavy (non-hydrogen) atoms. The number of nitrogens with two attached hydrogens (primary N) is 1. The molecule has 0 aromatic carbocycles. The third kappa shape index (κ3) is 1.98. The van der Waals surface area contributed by atoms with Crippen molar-refractivity contribution in [1.29, 1.82) is 0 Å². The quantitative estimate of drug-likeness (QED) is 0.761. The fraction of sp³-hybridized carbons (Fsp3) is 0.500. The first-order valence-corrected chi connectivity index (χ1v) is 4.60. The number of rotatable bonds is 3. The Morgan fingerprint density at radius 2 is 2.31 bits per heavy atom. The molecule has 1 heterocycles. The number of hydrogen-bond acceptors (Lipinski definition) is 2. The highest BCUT2D eigenvalue weighted by Gasteiger charge is 2.05. The van der Waals surface area contributed by atoms with E-state index >= 15 is 0 Å². The first kappa shape index (κ1) is 9.99. The van der Waals surface area contributed by atoms with Crippen molar-refractivity contribution in [3.63, 3.8) is 0 Å². The maximum absolute atomic E-state index is 11.7. The Morgan fingerprint density at radius 3 is 2.85 bits per heavy atom. The molecule has 0 saturated heterocycles. The van der Waals surface area contributed by atoms with Crippen molar-refractivity contribution in [2.75, 3.05) is 0 Å². The first-order valence-electron chi connectivity index (χ1n) is 4.60. The van der Waals surface area contributed by atoms with E-state index in [1.54, 1.807) is 10.6 Å². The highest BCUT2D eigenvalue weighted by Crippen LogP contribution is 2.06. The molecule has 0 bridgehead atoms. The Labute approximate surface area is 78.2 Å². The Hall–Kier alpha value is -1.09. The fourth-order valence-corrected chi connectivity index (χ4v) is 1.26. The lowest BCUT2D eigenvalue weighted by molar-refractivity contribution is 0.511. The van der Waals surface area contributed by atoms with E-state index in [4.69, 9.17) is 5.73 Å². The second-order valence-electron chi connectivity index (χ2n) is 3.21. The van der Waals surface area contributed by atoms with Gasteiger partial charge in [-0.25, -0.2) is 0 Å². The van der Waals surface area contributed by atoms with E-state index in [2.05, 4.69) is 6.92 Å². The Balaban J connectivity index is 3.16. The second kappa shape index (κ2) is 4.23. The zero-order valence-corrected chi connectivity index (χ0v) is 8.16. The summed E-state index contributed by atoms with van der Waals surface area (Å²) in [5.74, 6) is 0. The largest absolute Gasteiger partial charge is 0.326 e. The third-order valence-electron chi connectivity index (χ3n) is 2.34. The molecular formula is C10H16N2O. The highest BCUT2D eigenvalue weighted by atomic mass is 16.1. The minimum atomic E-state index is 0.0411. The molecule has 1 aromatic rings. The lowest BCUT2D eigenvalue weighted by Crippen LogP contribution is -2.26. The molecule has 1 rings (SSSR count). The summed E-state index contributed by atoms with van der Waals surface area (Å²) in [6.45, 7) is 4.41. The minimum Gasteiger partial charge on any atom is -0.326 e. The molecule has 0 radical (unpaired) electrons. The molecule has 0 aliphatic heterocycles. The van der Waals surface area contributed by atoms with Gasteiger partial charge in [0.1, 0.15) is 0 Å². The van der Waals surface area contributed by atoms with Gasteiger partial charge in [0.25, 0.3) is 5.56 Å². The number of aromatic nitrogens is 1. The molecule has 0 fully saturated rings. The van der Waals surface area contributed by atoms with Gasteiger partial charge in [0, 0.05) is 24.3 Å². The molecule has 3 heteroatoms. The monoisotopic (exact) mass is 180 g/mol. The van der Waals surface area contributed by atoms with Crippen LogP contribution in [0.3, 0.4) is 0 Å². The maximum Gasteiger partial charge on any atom is 0.255 e. The second-order valence-corrected chi connectivity index (χ2v) is 3.21. The molecule has 0 saturated carbocycles. The zero-order chi connectivity index (χ0) is 9.84. The van der Waals surface area contributed by atoms with Crippen LogP contribution in [0.15, 0.2) is 23.1 Å². The first-order chi connectivity index (χ1) is 6.20. The van der Waals surface area contributed by atoms with Crippen molar-refractivity contribution >= 4 is 0 Å². The summed E-state index contributed by atoms with van der Waals surface area (Å²) in [5.41, 5.74) is 6.17. The molecule has 0 amide bonds. The molecule has 1 atom stereocenters. The van der Waals surface area contributed by atoms with E-state index in [9.17, 15) is 4.79 Å². The molecular weight excluding hydrogens is 164 g/mol. The van der Waals surface area contributed by atoms with Gasteiger partial charge in [-0.2, -0.15) is 0 Å². The van der Waals surface area contributed by atoms with Gasteiger partial charge >= 0.3 is 0 Å². The summed E-state index contributed by atoms with van der Waals surface area (Å²) in [6.07, 6.45) is 2.77. The zero-order valence-electron chi connectivity index (χ0n) is 8.16. The number of nitrogens with zero attached hydrogens (tertiary/aromatic N) is 1. The van der Waals surface area contributed by atoms with Crippen LogP contribution in [0.5, 0.6) is 0 Å². The molecule has 2 N–H and O–H groups in total. The van der Waals surface area contributed by atoms with E-state index < -0.39 is 0 Å². The predicted octanol–water partition coefficient (Wildman–Crippen LogP) is 1.28. The van der Waals surface area contributed by atoms with Gasteiger partial charge < -0.3 is 10.3 Å². The summed E-state index contributed by atoms with van der Waals surface area (Å²) in [4.78, 5) is 11.7. The molecule has 0 spiro atoms. The molecule has 1 aromatic heterocycles. The molecule has 72 valence electrons. The average molecular weight is 180 g/mol. The van der Waals surface area contributed by atoms with Gasteiger partial charge in [-0.15, -0.1) is 0 Å². The minimum absolute atomic E-state index is 0.0411. The summed E-state index contributed by atoms with van der Waals surface area (Å²) in [6, 6.07) is 3.90. The molecule has 0 aliphatic carbocycles.